The topological polar surface area (TPSA) is 84.6 Å². The van der Waals surface area contributed by atoms with Gasteiger partial charge in [-0.1, -0.05) is 6.92 Å². The van der Waals surface area contributed by atoms with E-state index in [9.17, 15) is 13.2 Å². The molecule has 0 amide bonds. The predicted molar refractivity (Wildman–Crippen MR) is 67.4 cm³/mol. The number of aryl methyl sites for hydroxylation is 1. The number of rotatable bonds is 3. The van der Waals surface area contributed by atoms with Crippen LogP contribution in [0.15, 0.2) is 22.3 Å². The summed E-state index contributed by atoms with van der Waals surface area (Å²) in [6.07, 6.45) is 5.14. The van der Waals surface area contributed by atoms with E-state index in [-0.39, 0.29) is 10.8 Å². The van der Waals surface area contributed by atoms with Gasteiger partial charge in [0.2, 0.25) is 16.1 Å². The number of nitrogens with zero attached hydrogens (tertiary/aromatic N) is 4. The fourth-order valence-electron chi connectivity index (χ4n) is 2.31. The van der Waals surface area contributed by atoms with E-state index in [4.69, 9.17) is 0 Å². The molecule has 7 nitrogen and oxygen atoms in total. The Labute approximate surface area is 112 Å². The molecule has 2 unspecified atom stereocenters. The molecular weight excluding hydrogens is 268 g/mol. The van der Waals surface area contributed by atoms with Crippen LogP contribution in [0.1, 0.15) is 19.8 Å². The summed E-state index contributed by atoms with van der Waals surface area (Å²) in [7, 11) is -2.02. The van der Waals surface area contributed by atoms with Crippen molar-refractivity contribution in [3.05, 3.63) is 12.4 Å². The first kappa shape index (κ1) is 13.9. The highest BCUT2D eigenvalue weighted by atomic mass is 32.2. The van der Waals surface area contributed by atoms with Gasteiger partial charge in [0.15, 0.2) is 0 Å². The number of sulfonamides is 1. The smallest absolute Gasteiger partial charge is 0.248 e. The lowest BCUT2D eigenvalue weighted by atomic mass is 9.98. The fourth-order valence-corrected chi connectivity index (χ4v) is 3.96. The van der Waals surface area contributed by atoms with Crippen molar-refractivity contribution in [2.24, 2.45) is 18.0 Å². The summed E-state index contributed by atoms with van der Waals surface area (Å²) < 4.78 is 27.7. The van der Waals surface area contributed by atoms with Crippen LogP contribution in [0, 0.1) is 5.92 Å². The molecule has 0 aromatic carbocycles. The minimum absolute atomic E-state index is 0.00152. The maximum atomic E-state index is 12.5. The Morgan fingerprint density at radius 2 is 2.26 bits per heavy atom. The largest absolute Gasteiger partial charge is 0.274 e. The second kappa shape index (κ2) is 5.24. The average molecular weight is 284 g/mol. The Morgan fingerprint density at radius 1 is 1.53 bits per heavy atom. The lowest BCUT2D eigenvalue weighted by molar-refractivity contribution is 0.194. The zero-order valence-corrected chi connectivity index (χ0v) is 11.7. The first-order valence-electron chi connectivity index (χ1n) is 6.04. The van der Waals surface area contributed by atoms with Crippen LogP contribution in [-0.2, 0) is 21.9 Å². The molecular formula is C11H16N4O3S. The monoisotopic (exact) mass is 284 g/mol. The Hall–Kier alpha value is -1.50. The SMILES string of the molecule is CC1CCCN(S(=O)(=O)c2cnn(C)c2)C1N=C=O. The van der Waals surface area contributed by atoms with Crippen molar-refractivity contribution in [3.63, 3.8) is 0 Å². The van der Waals surface area contributed by atoms with Crippen molar-refractivity contribution in [1.82, 2.24) is 14.1 Å². The Balaban J connectivity index is 2.40. The van der Waals surface area contributed by atoms with Gasteiger partial charge in [0.05, 0.1) is 6.20 Å². The highest BCUT2D eigenvalue weighted by Crippen LogP contribution is 2.29. The van der Waals surface area contributed by atoms with Gasteiger partial charge in [-0.2, -0.15) is 14.4 Å². The second-order valence-electron chi connectivity index (χ2n) is 4.72. The maximum absolute atomic E-state index is 12.5. The Bertz CT molecular complexity index is 603. The van der Waals surface area contributed by atoms with Gasteiger partial charge in [-0.05, 0) is 18.8 Å². The molecule has 2 atom stereocenters. The number of hydrogen-bond donors (Lipinski definition) is 0. The standard InChI is InChI=1S/C11H16N4O3S/c1-9-4-3-5-15(11(9)12-8-16)19(17,18)10-6-13-14(2)7-10/h6-7,9,11H,3-5H2,1-2H3. The number of aliphatic imine (C=N–C) groups is 1. The molecule has 0 N–H and O–H groups in total. The summed E-state index contributed by atoms with van der Waals surface area (Å²) in [5, 5.41) is 3.87. The molecule has 1 aromatic heterocycles. The van der Waals surface area contributed by atoms with E-state index in [1.54, 1.807) is 7.05 Å². The number of isocyanates is 1. The summed E-state index contributed by atoms with van der Waals surface area (Å²) in [4.78, 5) is 14.3. The van der Waals surface area contributed by atoms with Gasteiger partial charge in [0.1, 0.15) is 11.1 Å². The molecule has 1 fully saturated rings. The molecule has 1 aromatic rings. The molecule has 0 spiro atoms. The molecule has 0 bridgehead atoms. The van der Waals surface area contributed by atoms with Crippen LogP contribution in [0.2, 0.25) is 0 Å². The highest BCUT2D eigenvalue weighted by molar-refractivity contribution is 7.89. The van der Waals surface area contributed by atoms with Gasteiger partial charge in [-0.15, -0.1) is 0 Å². The van der Waals surface area contributed by atoms with Crippen LogP contribution in [-0.4, -0.2) is 41.3 Å². The fraction of sp³-hybridized carbons (Fsp3) is 0.636. The number of piperidine rings is 1. The van der Waals surface area contributed by atoms with E-state index in [1.807, 2.05) is 6.92 Å². The normalized spacial score (nSPS) is 24.9. The van der Waals surface area contributed by atoms with E-state index in [0.29, 0.717) is 6.54 Å². The molecule has 8 heteroatoms. The third-order valence-electron chi connectivity index (χ3n) is 3.31. The van der Waals surface area contributed by atoms with E-state index in [2.05, 4.69) is 10.1 Å². The van der Waals surface area contributed by atoms with Crippen molar-refractivity contribution in [1.29, 1.82) is 0 Å². The van der Waals surface area contributed by atoms with Gasteiger partial charge in [-0.3, -0.25) is 4.68 Å². The van der Waals surface area contributed by atoms with Crippen molar-refractivity contribution >= 4 is 16.1 Å². The molecule has 2 heterocycles. The zero-order chi connectivity index (χ0) is 14.0. The van der Waals surface area contributed by atoms with Gasteiger partial charge >= 0.3 is 0 Å². The summed E-state index contributed by atoms with van der Waals surface area (Å²) in [6, 6.07) is 0. The van der Waals surface area contributed by atoms with Crippen LogP contribution in [0.25, 0.3) is 0 Å². The summed E-state index contributed by atoms with van der Waals surface area (Å²) in [5.41, 5.74) is 0. The number of hydrogen-bond acceptors (Lipinski definition) is 5. The van der Waals surface area contributed by atoms with E-state index < -0.39 is 16.2 Å². The van der Waals surface area contributed by atoms with E-state index >= 15 is 0 Å². The van der Waals surface area contributed by atoms with Crippen molar-refractivity contribution in [2.45, 2.75) is 30.8 Å². The molecule has 1 aliphatic heterocycles. The lowest BCUT2D eigenvalue weighted by Gasteiger charge is -2.35. The minimum atomic E-state index is -3.67. The minimum Gasteiger partial charge on any atom is -0.274 e. The van der Waals surface area contributed by atoms with Gasteiger partial charge in [-0.25, -0.2) is 13.2 Å². The summed E-state index contributed by atoms with van der Waals surface area (Å²) in [5.74, 6) is 0.00152. The second-order valence-corrected chi connectivity index (χ2v) is 6.61. The molecule has 0 saturated carbocycles. The van der Waals surface area contributed by atoms with Crippen molar-refractivity contribution in [3.8, 4) is 0 Å². The molecule has 19 heavy (non-hydrogen) atoms. The predicted octanol–water partition coefficient (Wildman–Crippen LogP) is 0.503. The highest BCUT2D eigenvalue weighted by Gasteiger charge is 2.37. The first-order valence-corrected chi connectivity index (χ1v) is 7.48. The van der Waals surface area contributed by atoms with Crippen LogP contribution >= 0.6 is 0 Å². The Morgan fingerprint density at radius 3 is 2.84 bits per heavy atom. The van der Waals surface area contributed by atoms with Crippen LogP contribution in [0.5, 0.6) is 0 Å². The third-order valence-corrected chi connectivity index (χ3v) is 5.14. The molecule has 2 rings (SSSR count). The number of aromatic nitrogens is 2. The van der Waals surface area contributed by atoms with Crippen molar-refractivity contribution < 1.29 is 13.2 Å². The van der Waals surface area contributed by atoms with Gasteiger partial charge < -0.3 is 0 Å². The van der Waals surface area contributed by atoms with E-state index in [0.717, 1.165) is 12.8 Å². The molecule has 1 saturated heterocycles. The number of carbonyl (C=O) groups excluding carboxylic acids is 1. The molecule has 1 aliphatic rings. The lowest BCUT2D eigenvalue weighted by Crippen LogP contribution is -2.46. The molecule has 0 radical (unpaired) electrons. The summed E-state index contributed by atoms with van der Waals surface area (Å²) in [6.45, 7) is 2.24. The van der Waals surface area contributed by atoms with Gasteiger partial charge in [0.25, 0.3) is 0 Å². The maximum Gasteiger partial charge on any atom is 0.248 e. The molecule has 104 valence electrons. The summed E-state index contributed by atoms with van der Waals surface area (Å²) >= 11 is 0. The average Bonchev–Trinajstić information content (AvgIpc) is 2.79. The van der Waals surface area contributed by atoms with Gasteiger partial charge in [0, 0.05) is 19.8 Å². The van der Waals surface area contributed by atoms with E-state index in [1.165, 1.54) is 27.5 Å². The third kappa shape index (κ3) is 2.60. The van der Waals surface area contributed by atoms with Crippen molar-refractivity contribution in [2.75, 3.05) is 6.54 Å². The quantitative estimate of drug-likeness (QED) is 0.597. The van der Waals surface area contributed by atoms with Crippen LogP contribution < -0.4 is 0 Å². The zero-order valence-electron chi connectivity index (χ0n) is 10.9. The van der Waals surface area contributed by atoms with Crippen LogP contribution in [0.3, 0.4) is 0 Å². The molecule has 0 aliphatic carbocycles. The van der Waals surface area contributed by atoms with Crippen LogP contribution in [0.4, 0.5) is 0 Å². The Kier molecular flexibility index (Phi) is 3.84. The first-order chi connectivity index (χ1) is 8.96.